The SMILES string of the molecule is CC(C)(C)OC(=O)[C@@H]1C(=O)C[C@@](C)(O)[C@H](C(=O)OC(C)(C)C)[C@H]1c1cccc([N+](=O)[O-])c1. The number of non-ortho nitro benzene ring substituents is 1. The van der Waals surface area contributed by atoms with Crippen LogP contribution in [0.2, 0.25) is 0 Å². The highest BCUT2D eigenvalue weighted by atomic mass is 16.6. The largest absolute Gasteiger partial charge is 0.460 e. The van der Waals surface area contributed by atoms with Crippen LogP contribution in [-0.2, 0) is 23.9 Å². The lowest BCUT2D eigenvalue weighted by Gasteiger charge is -2.44. The van der Waals surface area contributed by atoms with Gasteiger partial charge in [-0.05, 0) is 54.0 Å². The summed E-state index contributed by atoms with van der Waals surface area (Å²) >= 11 is 0. The third kappa shape index (κ3) is 5.91. The van der Waals surface area contributed by atoms with Crippen molar-refractivity contribution < 1.29 is 33.9 Å². The van der Waals surface area contributed by atoms with E-state index in [0.29, 0.717) is 0 Å². The van der Waals surface area contributed by atoms with Gasteiger partial charge in [0.2, 0.25) is 0 Å². The number of benzene rings is 1. The lowest BCUT2D eigenvalue weighted by molar-refractivity contribution is -0.385. The van der Waals surface area contributed by atoms with Gasteiger partial charge in [-0.3, -0.25) is 24.5 Å². The van der Waals surface area contributed by atoms with E-state index in [4.69, 9.17) is 9.47 Å². The Bertz CT molecular complexity index is 923. The van der Waals surface area contributed by atoms with Crippen LogP contribution in [0.25, 0.3) is 0 Å². The number of esters is 2. The summed E-state index contributed by atoms with van der Waals surface area (Å²) in [6.45, 7) is 11.2. The highest BCUT2D eigenvalue weighted by molar-refractivity contribution is 6.03. The molecular weight excluding hydrogens is 418 g/mol. The zero-order valence-corrected chi connectivity index (χ0v) is 19.5. The number of carbonyl (C=O) groups is 3. The third-order valence-corrected chi connectivity index (χ3v) is 5.05. The van der Waals surface area contributed by atoms with Gasteiger partial charge in [0, 0.05) is 24.5 Å². The molecule has 4 atom stereocenters. The smallest absolute Gasteiger partial charge is 0.317 e. The van der Waals surface area contributed by atoms with Gasteiger partial charge in [-0.2, -0.15) is 0 Å². The molecule has 1 saturated carbocycles. The number of nitro groups is 1. The minimum atomic E-state index is -1.84. The first-order valence-corrected chi connectivity index (χ1v) is 10.4. The number of hydrogen-bond acceptors (Lipinski definition) is 8. The van der Waals surface area contributed by atoms with E-state index in [1.165, 1.54) is 31.2 Å². The second-order valence-corrected chi connectivity index (χ2v) is 10.4. The lowest BCUT2D eigenvalue weighted by atomic mass is 9.61. The van der Waals surface area contributed by atoms with Gasteiger partial charge in [-0.15, -0.1) is 0 Å². The second-order valence-electron chi connectivity index (χ2n) is 10.4. The number of nitrogens with zero attached hydrogens (tertiary/aromatic N) is 1. The predicted octanol–water partition coefficient (Wildman–Crippen LogP) is 3.32. The van der Waals surface area contributed by atoms with Gasteiger partial charge in [0.25, 0.3) is 5.69 Å². The lowest BCUT2D eigenvalue weighted by Crippen LogP contribution is -2.56. The van der Waals surface area contributed by atoms with Gasteiger partial charge in [-0.1, -0.05) is 12.1 Å². The fraction of sp³-hybridized carbons (Fsp3) is 0.609. The van der Waals surface area contributed by atoms with E-state index >= 15 is 0 Å². The van der Waals surface area contributed by atoms with Crippen LogP contribution in [0.4, 0.5) is 5.69 Å². The van der Waals surface area contributed by atoms with E-state index < -0.39 is 63.6 Å². The zero-order valence-electron chi connectivity index (χ0n) is 19.5. The molecule has 0 unspecified atom stereocenters. The fourth-order valence-corrected chi connectivity index (χ4v) is 3.99. The number of carbonyl (C=O) groups excluding carboxylic acids is 3. The van der Waals surface area contributed by atoms with Crippen LogP contribution in [0.3, 0.4) is 0 Å². The molecule has 0 radical (unpaired) electrons. The van der Waals surface area contributed by atoms with Crippen molar-refractivity contribution in [1.29, 1.82) is 0 Å². The number of ether oxygens (including phenoxy) is 2. The van der Waals surface area contributed by atoms with Gasteiger partial charge in [0.1, 0.15) is 17.1 Å². The molecule has 32 heavy (non-hydrogen) atoms. The first-order valence-electron chi connectivity index (χ1n) is 10.4. The average molecular weight is 450 g/mol. The number of ketones is 1. The van der Waals surface area contributed by atoms with Crippen molar-refractivity contribution in [3.63, 3.8) is 0 Å². The summed E-state index contributed by atoms with van der Waals surface area (Å²) in [7, 11) is 0. The molecule has 2 rings (SSSR count). The Morgan fingerprint density at radius 2 is 1.62 bits per heavy atom. The zero-order chi connectivity index (χ0) is 24.6. The molecule has 0 bridgehead atoms. The molecule has 176 valence electrons. The molecule has 0 amide bonds. The topological polar surface area (TPSA) is 133 Å². The van der Waals surface area contributed by atoms with Crippen LogP contribution in [0, 0.1) is 22.0 Å². The quantitative estimate of drug-likeness (QED) is 0.320. The molecule has 1 fully saturated rings. The summed E-state index contributed by atoms with van der Waals surface area (Å²) in [4.78, 5) is 50.1. The summed E-state index contributed by atoms with van der Waals surface area (Å²) in [5.41, 5.74) is -3.73. The molecule has 1 aliphatic rings. The first-order chi connectivity index (χ1) is 14.4. The summed E-state index contributed by atoms with van der Waals surface area (Å²) in [5.74, 6) is -6.26. The summed E-state index contributed by atoms with van der Waals surface area (Å²) in [6, 6.07) is 5.35. The highest BCUT2D eigenvalue weighted by Crippen LogP contribution is 2.47. The normalized spacial score (nSPS) is 26.4. The van der Waals surface area contributed by atoms with Crippen LogP contribution < -0.4 is 0 Å². The van der Waals surface area contributed by atoms with Gasteiger partial charge >= 0.3 is 11.9 Å². The van der Waals surface area contributed by atoms with Crippen LogP contribution in [0.1, 0.15) is 66.4 Å². The molecule has 0 heterocycles. The number of hydrogen-bond donors (Lipinski definition) is 1. The van der Waals surface area contributed by atoms with Crippen molar-refractivity contribution in [3.05, 3.63) is 39.9 Å². The van der Waals surface area contributed by atoms with Gasteiger partial charge in [0.15, 0.2) is 5.78 Å². The summed E-state index contributed by atoms with van der Waals surface area (Å²) in [6.07, 6.45) is -0.466. The monoisotopic (exact) mass is 449 g/mol. The molecule has 1 aromatic rings. The Kier molecular flexibility index (Phi) is 6.85. The van der Waals surface area contributed by atoms with Crippen LogP contribution in [-0.4, -0.2) is 44.6 Å². The standard InChI is InChI=1S/C23H31NO8/c1-21(2,3)31-19(26)17-15(25)12-23(7,28)18(20(27)32-22(4,5)6)16(17)13-9-8-10-14(11-13)24(29)30/h8-11,16-18,28H,12H2,1-7H3/t16-,17+,18-,23+/m0/s1. The third-order valence-electron chi connectivity index (χ3n) is 5.05. The Balaban J connectivity index is 2.70. The minimum absolute atomic E-state index is 0.194. The Hall–Kier alpha value is -2.81. The van der Waals surface area contributed by atoms with Crippen molar-refractivity contribution in [2.45, 2.75) is 77.6 Å². The Labute approximate surface area is 187 Å². The number of rotatable bonds is 4. The van der Waals surface area contributed by atoms with Crippen LogP contribution >= 0.6 is 0 Å². The second kappa shape index (κ2) is 8.61. The van der Waals surface area contributed by atoms with E-state index in [9.17, 15) is 29.6 Å². The molecule has 9 heteroatoms. The van der Waals surface area contributed by atoms with E-state index in [0.717, 1.165) is 0 Å². The first kappa shape index (κ1) is 25.5. The maximum atomic E-state index is 13.2. The molecule has 0 aromatic heterocycles. The minimum Gasteiger partial charge on any atom is -0.460 e. The molecule has 0 aliphatic heterocycles. The van der Waals surface area contributed by atoms with Crippen molar-refractivity contribution in [2.75, 3.05) is 0 Å². The van der Waals surface area contributed by atoms with E-state index in [1.54, 1.807) is 41.5 Å². The molecule has 9 nitrogen and oxygen atoms in total. The predicted molar refractivity (Wildman–Crippen MR) is 115 cm³/mol. The van der Waals surface area contributed by atoms with E-state index in [1.807, 2.05) is 0 Å². The maximum absolute atomic E-state index is 13.2. The highest BCUT2D eigenvalue weighted by Gasteiger charge is 2.58. The Morgan fingerprint density at radius 3 is 2.12 bits per heavy atom. The average Bonchev–Trinajstić information content (AvgIpc) is 2.56. The number of nitro benzene ring substituents is 1. The van der Waals surface area contributed by atoms with Crippen molar-refractivity contribution in [1.82, 2.24) is 0 Å². The molecular formula is C23H31NO8. The van der Waals surface area contributed by atoms with Gasteiger partial charge in [-0.25, -0.2) is 0 Å². The number of aliphatic hydroxyl groups is 1. The van der Waals surface area contributed by atoms with E-state index in [-0.39, 0.29) is 11.3 Å². The maximum Gasteiger partial charge on any atom is 0.317 e. The summed E-state index contributed by atoms with van der Waals surface area (Å²) in [5, 5.41) is 22.4. The van der Waals surface area contributed by atoms with Crippen molar-refractivity contribution in [2.24, 2.45) is 11.8 Å². The van der Waals surface area contributed by atoms with Crippen molar-refractivity contribution in [3.8, 4) is 0 Å². The molecule has 0 saturated heterocycles. The molecule has 1 aliphatic carbocycles. The summed E-state index contributed by atoms with van der Waals surface area (Å²) < 4.78 is 11.0. The van der Waals surface area contributed by atoms with Gasteiger partial charge in [0.05, 0.1) is 16.4 Å². The van der Waals surface area contributed by atoms with E-state index in [2.05, 4.69) is 0 Å². The van der Waals surface area contributed by atoms with Crippen LogP contribution in [0.15, 0.2) is 24.3 Å². The Morgan fingerprint density at radius 1 is 1.09 bits per heavy atom. The van der Waals surface area contributed by atoms with Crippen molar-refractivity contribution >= 4 is 23.4 Å². The molecule has 1 N–H and O–H groups in total. The molecule has 1 aromatic carbocycles. The van der Waals surface area contributed by atoms with Crippen LogP contribution in [0.5, 0.6) is 0 Å². The molecule has 0 spiro atoms. The number of Topliss-reactive ketones (excluding diaryl/α,β-unsaturated/α-hetero) is 1. The fourth-order valence-electron chi connectivity index (χ4n) is 3.99. The van der Waals surface area contributed by atoms with Gasteiger partial charge < -0.3 is 14.6 Å².